The molecule has 0 unspecified atom stereocenters. The molecule has 0 aromatic heterocycles. The van der Waals surface area contributed by atoms with Gasteiger partial charge in [-0.05, 0) is 42.0 Å². The van der Waals surface area contributed by atoms with E-state index < -0.39 is 17.9 Å². The summed E-state index contributed by atoms with van der Waals surface area (Å²) in [7, 11) is 2.85. The van der Waals surface area contributed by atoms with E-state index >= 15 is 0 Å². The van der Waals surface area contributed by atoms with E-state index in [0.29, 0.717) is 17.0 Å². The van der Waals surface area contributed by atoms with E-state index in [9.17, 15) is 14.4 Å². The molecule has 0 heterocycles. The molecular formula is C20H22N2O5. The van der Waals surface area contributed by atoms with Crippen molar-refractivity contribution in [3.05, 3.63) is 59.7 Å². The fourth-order valence-corrected chi connectivity index (χ4v) is 2.48. The maximum absolute atomic E-state index is 12.5. The standard InChI is InChI=1S/C20H22N2O5/c1-13(23)21-16-8-6-15(7-9-16)19(24)22-18(20(25)27-3)12-14-4-10-17(26-2)11-5-14/h4-11,18H,12H2,1-3H3,(H,21,23)(H,22,24)/t18-/m1/s1. The summed E-state index contributed by atoms with van der Waals surface area (Å²) in [6, 6.07) is 12.8. The van der Waals surface area contributed by atoms with Crippen molar-refractivity contribution in [2.24, 2.45) is 0 Å². The van der Waals surface area contributed by atoms with E-state index in [2.05, 4.69) is 10.6 Å². The predicted molar refractivity (Wildman–Crippen MR) is 101 cm³/mol. The van der Waals surface area contributed by atoms with Gasteiger partial charge in [-0.25, -0.2) is 4.79 Å². The molecule has 7 heteroatoms. The Morgan fingerprint density at radius 3 is 2.11 bits per heavy atom. The summed E-state index contributed by atoms with van der Waals surface area (Å²) in [5.41, 5.74) is 1.81. The van der Waals surface area contributed by atoms with Crippen molar-refractivity contribution in [1.29, 1.82) is 0 Å². The fraction of sp³-hybridized carbons (Fsp3) is 0.250. The van der Waals surface area contributed by atoms with Gasteiger partial charge in [-0.15, -0.1) is 0 Å². The molecule has 0 aliphatic carbocycles. The van der Waals surface area contributed by atoms with Gasteiger partial charge in [0.05, 0.1) is 14.2 Å². The van der Waals surface area contributed by atoms with Crippen LogP contribution < -0.4 is 15.4 Å². The van der Waals surface area contributed by atoms with Crippen molar-refractivity contribution in [3.8, 4) is 5.75 Å². The Labute approximate surface area is 157 Å². The number of anilines is 1. The molecule has 0 aliphatic rings. The van der Waals surface area contributed by atoms with Crippen molar-refractivity contribution in [1.82, 2.24) is 5.32 Å². The molecule has 1 atom stereocenters. The minimum absolute atomic E-state index is 0.197. The van der Waals surface area contributed by atoms with Crippen LogP contribution >= 0.6 is 0 Å². The van der Waals surface area contributed by atoms with Gasteiger partial charge in [-0.1, -0.05) is 12.1 Å². The average molecular weight is 370 g/mol. The number of methoxy groups -OCH3 is 2. The van der Waals surface area contributed by atoms with Crippen LogP contribution in [-0.4, -0.2) is 38.0 Å². The highest BCUT2D eigenvalue weighted by atomic mass is 16.5. The molecule has 2 N–H and O–H groups in total. The number of carbonyl (C=O) groups is 3. The van der Waals surface area contributed by atoms with E-state index in [1.54, 1.807) is 43.5 Å². The minimum atomic E-state index is -0.828. The zero-order valence-electron chi connectivity index (χ0n) is 15.4. The summed E-state index contributed by atoms with van der Waals surface area (Å²) in [4.78, 5) is 35.6. The van der Waals surface area contributed by atoms with Crippen LogP contribution in [0.4, 0.5) is 5.69 Å². The maximum Gasteiger partial charge on any atom is 0.328 e. The summed E-state index contributed by atoms with van der Waals surface area (Å²) in [5.74, 6) is -0.434. The molecule has 0 saturated carbocycles. The molecule has 0 fully saturated rings. The first-order valence-corrected chi connectivity index (χ1v) is 8.32. The van der Waals surface area contributed by atoms with Gasteiger partial charge in [-0.3, -0.25) is 9.59 Å². The first-order valence-electron chi connectivity index (χ1n) is 8.32. The third kappa shape index (κ3) is 5.85. The molecule has 0 aliphatic heterocycles. The lowest BCUT2D eigenvalue weighted by Crippen LogP contribution is -2.43. The molecule has 2 rings (SSSR count). The zero-order chi connectivity index (χ0) is 19.8. The Morgan fingerprint density at radius 1 is 0.963 bits per heavy atom. The van der Waals surface area contributed by atoms with Gasteiger partial charge in [0.25, 0.3) is 5.91 Å². The van der Waals surface area contributed by atoms with Crippen molar-refractivity contribution < 1.29 is 23.9 Å². The molecular weight excluding hydrogens is 348 g/mol. The van der Waals surface area contributed by atoms with Crippen LogP contribution in [0.2, 0.25) is 0 Å². The number of nitrogens with one attached hydrogen (secondary N) is 2. The Bertz CT molecular complexity index is 800. The van der Waals surface area contributed by atoms with Crippen LogP contribution in [0.3, 0.4) is 0 Å². The van der Waals surface area contributed by atoms with Gasteiger partial charge in [0.15, 0.2) is 0 Å². The van der Waals surface area contributed by atoms with Crippen LogP contribution in [0.25, 0.3) is 0 Å². The quantitative estimate of drug-likeness (QED) is 0.729. The third-order valence-electron chi connectivity index (χ3n) is 3.86. The van der Waals surface area contributed by atoms with Crippen molar-refractivity contribution in [2.75, 3.05) is 19.5 Å². The van der Waals surface area contributed by atoms with Gasteiger partial charge in [0, 0.05) is 24.6 Å². The molecule has 27 heavy (non-hydrogen) atoms. The second kappa shape index (κ2) is 9.38. The van der Waals surface area contributed by atoms with Crippen LogP contribution in [0.1, 0.15) is 22.8 Å². The molecule has 0 bridgehead atoms. The number of hydrogen-bond donors (Lipinski definition) is 2. The van der Waals surface area contributed by atoms with E-state index in [-0.39, 0.29) is 12.3 Å². The Kier molecular flexibility index (Phi) is 6.93. The smallest absolute Gasteiger partial charge is 0.328 e. The van der Waals surface area contributed by atoms with Crippen molar-refractivity contribution >= 4 is 23.5 Å². The van der Waals surface area contributed by atoms with E-state index in [0.717, 1.165) is 5.56 Å². The van der Waals surface area contributed by atoms with Crippen molar-refractivity contribution in [2.45, 2.75) is 19.4 Å². The highest BCUT2D eigenvalue weighted by molar-refractivity contribution is 5.97. The lowest BCUT2D eigenvalue weighted by Gasteiger charge is -2.17. The summed E-state index contributed by atoms with van der Waals surface area (Å²) >= 11 is 0. The Hall–Kier alpha value is -3.35. The minimum Gasteiger partial charge on any atom is -0.497 e. The van der Waals surface area contributed by atoms with Gasteiger partial charge < -0.3 is 20.1 Å². The lowest BCUT2D eigenvalue weighted by atomic mass is 10.0. The van der Waals surface area contributed by atoms with Gasteiger partial charge in [0.2, 0.25) is 5.91 Å². The first kappa shape index (κ1) is 20.0. The summed E-state index contributed by atoms with van der Waals surface area (Å²) in [6.07, 6.45) is 0.284. The molecule has 2 amide bonds. The molecule has 0 saturated heterocycles. The molecule has 2 aromatic rings. The third-order valence-corrected chi connectivity index (χ3v) is 3.86. The molecule has 0 spiro atoms. The number of esters is 1. The van der Waals surface area contributed by atoms with E-state index in [1.165, 1.54) is 14.0 Å². The second-order valence-electron chi connectivity index (χ2n) is 5.86. The first-order chi connectivity index (χ1) is 12.9. The number of benzene rings is 2. The van der Waals surface area contributed by atoms with E-state index in [4.69, 9.17) is 9.47 Å². The van der Waals surface area contributed by atoms with Crippen LogP contribution in [-0.2, 0) is 20.7 Å². The predicted octanol–water partition coefficient (Wildman–Crippen LogP) is 2.17. The molecule has 142 valence electrons. The summed E-state index contributed by atoms with van der Waals surface area (Å²) in [6.45, 7) is 1.40. The number of ether oxygens (including phenoxy) is 2. The lowest BCUT2D eigenvalue weighted by molar-refractivity contribution is -0.142. The average Bonchev–Trinajstić information content (AvgIpc) is 2.67. The Balaban J connectivity index is 2.08. The summed E-state index contributed by atoms with van der Waals surface area (Å²) in [5, 5.41) is 5.32. The van der Waals surface area contributed by atoms with Gasteiger partial charge >= 0.3 is 5.97 Å². The number of carbonyl (C=O) groups excluding carboxylic acids is 3. The SMILES string of the molecule is COC(=O)[C@@H](Cc1ccc(OC)cc1)NC(=O)c1ccc(NC(C)=O)cc1. The largest absolute Gasteiger partial charge is 0.497 e. The topological polar surface area (TPSA) is 93.7 Å². The van der Waals surface area contributed by atoms with Crippen molar-refractivity contribution in [3.63, 3.8) is 0 Å². The highest BCUT2D eigenvalue weighted by Crippen LogP contribution is 2.14. The molecule has 2 aromatic carbocycles. The zero-order valence-corrected chi connectivity index (χ0v) is 15.4. The van der Waals surface area contributed by atoms with Gasteiger partial charge in [-0.2, -0.15) is 0 Å². The highest BCUT2D eigenvalue weighted by Gasteiger charge is 2.22. The van der Waals surface area contributed by atoms with Crippen LogP contribution in [0.15, 0.2) is 48.5 Å². The normalized spacial score (nSPS) is 11.2. The maximum atomic E-state index is 12.5. The van der Waals surface area contributed by atoms with Crippen LogP contribution in [0.5, 0.6) is 5.75 Å². The second-order valence-corrected chi connectivity index (χ2v) is 5.86. The monoisotopic (exact) mass is 370 g/mol. The molecule has 7 nitrogen and oxygen atoms in total. The van der Waals surface area contributed by atoms with E-state index in [1.807, 2.05) is 12.1 Å². The summed E-state index contributed by atoms with van der Waals surface area (Å²) < 4.78 is 9.91. The number of amides is 2. The fourth-order valence-electron chi connectivity index (χ4n) is 2.48. The molecule has 0 radical (unpaired) electrons. The Morgan fingerprint density at radius 2 is 1.59 bits per heavy atom. The number of hydrogen-bond acceptors (Lipinski definition) is 5. The van der Waals surface area contributed by atoms with Crippen LogP contribution in [0, 0.1) is 0 Å². The van der Waals surface area contributed by atoms with Gasteiger partial charge in [0.1, 0.15) is 11.8 Å². The number of rotatable bonds is 7.